The molecule has 94 valence electrons. The Kier molecular flexibility index (Phi) is 4.74. The van der Waals surface area contributed by atoms with Gasteiger partial charge >= 0.3 is 0 Å². The van der Waals surface area contributed by atoms with Crippen molar-refractivity contribution >= 4 is 5.91 Å². The number of hydrogen-bond donors (Lipinski definition) is 5. The second kappa shape index (κ2) is 6.07. The fourth-order valence-corrected chi connectivity index (χ4v) is 1.34. The Morgan fingerprint density at radius 3 is 2.41 bits per heavy atom. The minimum atomic E-state index is -0.924. The van der Waals surface area contributed by atoms with Gasteiger partial charge < -0.3 is 26.4 Å². The molecule has 17 heavy (non-hydrogen) atoms. The van der Waals surface area contributed by atoms with Crippen molar-refractivity contribution in [2.75, 3.05) is 13.2 Å². The van der Waals surface area contributed by atoms with Gasteiger partial charge in [-0.15, -0.1) is 0 Å². The molecule has 0 aromatic heterocycles. The number of carbonyl (C=O) groups excluding carboxylic acids is 1. The van der Waals surface area contributed by atoms with E-state index in [1.54, 1.807) is 0 Å². The van der Waals surface area contributed by atoms with Crippen LogP contribution >= 0.6 is 0 Å². The lowest BCUT2D eigenvalue weighted by molar-refractivity contribution is -0.123. The van der Waals surface area contributed by atoms with Crippen LogP contribution in [0.5, 0.6) is 11.5 Å². The number of rotatable bonds is 5. The normalized spacial score (nSPS) is 12.1. The minimum absolute atomic E-state index is 0.0293. The Hall–Kier alpha value is -1.79. The number of amides is 1. The molecule has 1 aromatic rings. The zero-order valence-electron chi connectivity index (χ0n) is 9.26. The molecule has 0 radical (unpaired) electrons. The highest BCUT2D eigenvalue weighted by molar-refractivity contribution is 5.81. The van der Waals surface area contributed by atoms with E-state index in [1.165, 1.54) is 18.2 Å². The van der Waals surface area contributed by atoms with E-state index in [0.717, 1.165) is 0 Å². The Bertz CT molecular complexity index is 375. The van der Waals surface area contributed by atoms with Gasteiger partial charge in [-0.05, 0) is 24.1 Å². The molecular weight excluding hydrogens is 224 g/mol. The highest BCUT2D eigenvalue weighted by atomic mass is 16.3. The fourth-order valence-electron chi connectivity index (χ4n) is 1.34. The molecule has 0 bridgehead atoms. The first kappa shape index (κ1) is 13.3. The van der Waals surface area contributed by atoms with E-state index in [0.29, 0.717) is 18.5 Å². The highest BCUT2D eigenvalue weighted by Crippen LogP contribution is 2.20. The molecule has 0 heterocycles. The number of phenols is 2. The van der Waals surface area contributed by atoms with Gasteiger partial charge in [0.15, 0.2) is 0 Å². The average molecular weight is 240 g/mol. The summed E-state index contributed by atoms with van der Waals surface area (Å²) in [6, 6.07) is 3.30. The molecule has 6 heteroatoms. The van der Waals surface area contributed by atoms with Crippen LogP contribution in [-0.2, 0) is 11.2 Å². The van der Waals surface area contributed by atoms with E-state index >= 15 is 0 Å². The maximum atomic E-state index is 11.2. The van der Waals surface area contributed by atoms with Crippen LogP contribution in [0.3, 0.4) is 0 Å². The van der Waals surface area contributed by atoms with Crippen LogP contribution in [0.1, 0.15) is 5.56 Å². The summed E-state index contributed by atoms with van der Waals surface area (Å²) in [6.07, 6.45) is 0.450. The first-order valence-electron chi connectivity index (χ1n) is 5.19. The number of aromatic hydroxyl groups is 2. The van der Waals surface area contributed by atoms with E-state index in [9.17, 15) is 15.0 Å². The number of hydrogen-bond acceptors (Lipinski definition) is 5. The lowest BCUT2D eigenvalue weighted by Crippen LogP contribution is -2.43. The molecule has 0 spiro atoms. The third kappa shape index (κ3) is 4.29. The molecule has 1 atom stereocenters. The molecular formula is C11H16N2O4. The Morgan fingerprint density at radius 1 is 1.29 bits per heavy atom. The minimum Gasteiger partial charge on any atom is -0.508 e. The van der Waals surface area contributed by atoms with Crippen molar-refractivity contribution in [2.24, 2.45) is 5.73 Å². The van der Waals surface area contributed by atoms with Crippen molar-refractivity contribution in [2.45, 2.75) is 12.5 Å². The van der Waals surface area contributed by atoms with Crippen LogP contribution in [0, 0.1) is 0 Å². The molecule has 0 aliphatic rings. The SMILES string of the molecule is NC(CO)C(=O)NCCc1cc(O)cc(O)c1. The summed E-state index contributed by atoms with van der Waals surface area (Å²) in [4.78, 5) is 11.2. The standard InChI is InChI=1S/C11H16N2O4/c12-10(6-14)11(17)13-2-1-7-3-8(15)5-9(16)4-7/h3-5,10,14-16H,1-2,6,12H2,(H,13,17). The number of aliphatic hydroxyl groups is 1. The van der Waals surface area contributed by atoms with Crippen molar-refractivity contribution in [3.05, 3.63) is 23.8 Å². The second-order valence-corrected chi connectivity index (χ2v) is 3.69. The zero-order valence-corrected chi connectivity index (χ0v) is 9.26. The zero-order chi connectivity index (χ0) is 12.8. The van der Waals surface area contributed by atoms with Crippen LogP contribution in [0.4, 0.5) is 0 Å². The summed E-state index contributed by atoms with van der Waals surface area (Å²) in [6.45, 7) is -0.0891. The van der Waals surface area contributed by atoms with Crippen molar-refractivity contribution in [1.82, 2.24) is 5.32 Å². The predicted molar refractivity (Wildman–Crippen MR) is 61.5 cm³/mol. The van der Waals surface area contributed by atoms with Crippen LogP contribution in [0.15, 0.2) is 18.2 Å². The lowest BCUT2D eigenvalue weighted by atomic mass is 10.1. The largest absolute Gasteiger partial charge is 0.508 e. The predicted octanol–water partition coefficient (Wildman–Crippen LogP) is -0.924. The van der Waals surface area contributed by atoms with Gasteiger partial charge in [0.2, 0.25) is 5.91 Å². The molecule has 0 aliphatic heterocycles. The second-order valence-electron chi connectivity index (χ2n) is 3.69. The summed E-state index contributed by atoms with van der Waals surface area (Å²) in [5, 5.41) is 29.6. The van der Waals surface area contributed by atoms with Crippen molar-refractivity contribution in [1.29, 1.82) is 0 Å². The number of nitrogens with two attached hydrogens (primary N) is 1. The van der Waals surface area contributed by atoms with E-state index in [-0.39, 0.29) is 11.5 Å². The number of aliphatic hydroxyl groups excluding tert-OH is 1. The van der Waals surface area contributed by atoms with Gasteiger partial charge in [0.1, 0.15) is 17.5 Å². The topological polar surface area (TPSA) is 116 Å². The Balaban J connectivity index is 2.43. The van der Waals surface area contributed by atoms with Gasteiger partial charge in [-0.2, -0.15) is 0 Å². The van der Waals surface area contributed by atoms with E-state index in [1.807, 2.05) is 0 Å². The van der Waals surface area contributed by atoms with Gasteiger partial charge in [0, 0.05) is 12.6 Å². The quantitative estimate of drug-likeness (QED) is 0.456. The van der Waals surface area contributed by atoms with Crippen molar-refractivity contribution in [3.8, 4) is 11.5 Å². The Morgan fingerprint density at radius 2 is 1.88 bits per heavy atom. The molecule has 1 rings (SSSR count). The van der Waals surface area contributed by atoms with Gasteiger partial charge in [-0.3, -0.25) is 4.79 Å². The first-order valence-corrected chi connectivity index (χ1v) is 5.19. The van der Waals surface area contributed by atoms with Crippen LogP contribution in [0.25, 0.3) is 0 Å². The molecule has 6 N–H and O–H groups in total. The van der Waals surface area contributed by atoms with Crippen molar-refractivity contribution < 1.29 is 20.1 Å². The Labute approximate surface area is 98.7 Å². The first-order chi connectivity index (χ1) is 8.02. The van der Waals surface area contributed by atoms with Crippen LogP contribution < -0.4 is 11.1 Å². The molecule has 6 nitrogen and oxygen atoms in total. The van der Waals surface area contributed by atoms with Crippen molar-refractivity contribution in [3.63, 3.8) is 0 Å². The third-order valence-electron chi connectivity index (χ3n) is 2.21. The molecule has 0 aliphatic carbocycles. The maximum absolute atomic E-state index is 11.2. The average Bonchev–Trinajstić information content (AvgIpc) is 2.26. The number of benzene rings is 1. The number of phenolic OH excluding ortho intramolecular Hbond substituents is 2. The molecule has 1 amide bonds. The molecule has 1 unspecified atom stereocenters. The van der Waals surface area contributed by atoms with Gasteiger partial charge in [-0.25, -0.2) is 0 Å². The smallest absolute Gasteiger partial charge is 0.239 e. The molecule has 0 saturated heterocycles. The lowest BCUT2D eigenvalue weighted by Gasteiger charge is -2.09. The van der Waals surface area contributed by atoms with Gasteiger partial charge in [-0.1, -0.05) is 0 Å². The summed E-state index contributed by atoms with van der Waals surface area (Å²) in [7, 11) is 0. The van der Waals surface area contributed by atoms with Gasteiger partial charge in [0.05, 0.1) is 6.61 Å². The number of nitrogens with one attached hydrogen (secondary N) is 1. The third-order valence-corrected chi connectivity index (χ3v) is 2.21. The van der Waals surface area contributed by atoms with Crippen LogP contribution in [0.2, 0.25) is 0 Å². The summed E-state index contributed by atoms with van der Waals surface area (Å²) >= 11 is 0. The summed E-state index contributed by atoms with van der Waals surface area (Å²) < 4.78 is 0. The maximum Gasteiger partial charge on any atom is 0.239 e. The number of carbonyl (C=O) groups is 1. The molecule has 0 fully saturated rings. The fraction of sp³-hybridized carbons (Fsp3) is 0.364. The van der Waals surface area contributed by atoms with Crippen LogP contribution in [-0.4, -0.2) is 40.4 Å². The van der Waals surface area contributed by atoms with E-state index in [2.05, 4.69) is 5.32 Å². The highest BCUT2D eigenvalue weighted by Gasteiger charge is 2.10. The molecule has 0 saturated carbocycles. The summed E-state index contributed by atoms with van der Waals surface area (Å²) in [5.74, 6) is -0.492. The van der Waals surface area contributed by atoms with Gasteiger partial charge in [0.25, 0.3) is 0 Å². The van der Waals surface area contributed by atoms with E-state index in [4.69, 9.17) is 10.8 Å². The summed E-state index contributed by atoms with van der Waals surface area (Å²) in [5.41, 5.74) is 6.00. The monoisotopic (exact) mass is 240 g/mol. The molecule has 1 aromatic carbocycles. The van der Waals surface area contributed by atoms with E-state index < -0.39 is 18.6 Å².